The Morgan fingerprint density at radius 2 is 2.07 bits per heavy atom. The van der Waals surface area contributed by atoms with Crippen molar-refractivity contribution >= 4 is 36.4 Å². The van der Waals surface area contributed by atoms with Crippen LogP contribution in [0.1, 0.15) is 41.5 Å². The number of nitrogens with two attached hydrogens (primary N) is 1. The molecule has 10 heteroatoms. The maximum absolute atomic E-state index is 12.7. The molecule has 1 fully saturated rings. The van der Waals surface area contributed by atoms with Gasteiger partial charge in [-0.3, -0.25) is 9.69 Å². The van der Waals surface area contributed by atoms with Crippen molar-refractivity contribution in [2.24, 2.45) is 0 Å². The molecule has 0 aliphatic carbocycles. The smallest absolute Gasteiger partial charge is 0.253 e. The first kappa shape index (κ1) is 24.2. The van der Waals surface area contributed by atoms with Crippen LogP contribution in [0.4, 0.5) is 5.69 Å². The minimum absolute atomic E-state index is 0. The lowest BCUT2D eigenvalue weighted by Gasteiger charge is -2.21. The fourth-order valence-corrected chi connectivity index (χ4v) is 2.98. The summed E-state index contributed by atoms with van der Waals surface area (Å²) in [6.45, 7) is 5.46. The highest BCUT2D eigenvalue weighted by Crippen LogP contribution is 2.15. The third kappa shape index (κ3) is 6.07. The average Bonchev–Trinajstić information content (AvgIpc) is 2.98. The van der Waals surface area contributed by atoms with Crippen LogP contribution in [0.15, 0.2) is 28.8 Å². The third-order valence-corrected chi connectivity index (χ3v) is 4.57. The standard InChI is InChI=1S/C18H25N5O3.2ClH/c1-13(25-2)17-20-16(26-21-17)12-22-7-4-8-23(10-9-22)18(24)14-5-3-6-15(19)11-14;;/h3,5-6,11,13H,4,7-10,12,19H2,1-2H3;2*1H. The van der Waals surface area contributed by atoms with Gasteiger partial charge in [0.25, 0.3) is 5.91 Å². The van der Waals surface area contributed by atoms with E-state index in [1.54, 1.807) is 31.4 Å². The quantitative estimate of drug-likeness (QED) is 0.726. The van der Waals surface area contributed by atoms with Crippen LogP contribution in [-0.4, -0.2) is 59.1 Å². The first-order valence-corrected chi connectivity index (χ1v) is 8.79. The van der Waals surface area contributed by atoms with Gasteiger partial charge in [-0.2, -0.15) is 4.98 Å². The van der Waals surface area contributed by atoms with Crippen molar-refractivity contribution in [1.29, 1.82) is 0 Å². The molecule has 1 unspecified atom stereocenters. The molecule has 0 spiro atoms. The number of nitrogen functional groups attached to an aromatic ring is 1. The Morgan fingerprint density at radius 3 is 2.79 bits per heavy atom. The van der Waals surface area contributed by atoms with E-state index in [2.05, 4.69) is 15.0 Å². The van der Waals surface area contributed by atoms with E-state index in [9.17, 15) is 4.79 Å². The number of hydrogen-bond acceptors (Lipinski definition) is 7. The second-order valence-corrected chi connectivity index (χ2v) is 6.47. The lowest BCUT2D eigenvalue weighted by atomic mass is 10.1. The van der Waals surface area contributed by atoms with Gasteiger partial charge < -0.3 is 19.9 Å². The van der Waals surface area contributed by atoms with Gasteiger partial charge in [0.15, 0.2) is 5.82 Å². The van der Waals surface area contributed by atoms with Crippen LogP contribution in [0.3, 0.4) is 0 Å². The van der Waals surface area contributed by atoms with Gasteiger partial charge in [0.05, 0.1) is 6.54 Å². The summed E-state index contributed by atoms with van der Waals surface area (Å²) < 4.78 is 10.5. The SMILES string of the molecule is COC(C)c1noc(CN2CCCN(C(=O)c3cccc(N)c3)CC2)n1.Cl.Cl. The summed E-state index contributed by atoms with van der Waals surface area (Å²) >= 11 is 0. The van der Waals surface area contributed by atoms with E-state index in [0.29, 0.717) is 36.1 Å². The molecule has 1 aromatic carbocycles. The molecule has 0 bridgehead atoms. The number of ether oxygens (including phenoxy) is 1. The van der Waals surface area contributed by atoms with Gasteiger partial charge in [0.2, 0.25) is 5.89 Å². The highest BCUT2D eigenvalue weighted by molar-refractivity contribution is 5.95. The molecule has 3 rings (SSSR count). The first-order valence-electron chi connectivity index (χ1n) is 8.79. The molecule has 1 amide bonds. The summed E-state index contributed by atoms with van der Waals surface area (Å²) in [6, 6.07) is 7.12. The monoisotopic (exact) mass is 431 g/mol. The lowest BCUT2D eigenvalue weighted by molar-refractivity contribution is 0.0760. The maximum Gasteiger partial charge on any atom is 0.253 e. The normalized spacial score (nSPS) is 15.9. The van der Waals surface area contributed by atoms with Crippen LogP contribution in [0.2, 0.25) is 0 Å². The number of rotatable bonds is 5. The predicted molar refractivity (Wildman–Crippen MR) is 111 cm³/mol. The molecule has 8 nitrogen and oxygen atoms in total. The van der Waals surface area contributed by atoms with Crippen LogP contribution >= 0.6 is 24.8 Å². The summed E-state index contributed by atoms with van der Waals surface area (Å²) in [7, 11) is 1.61. The highest BCUT2D eigenvalue weighted by Gasteiger charge is 2.22. The van der Waals surface area contributed by atoms with E-state index in [0.717, 1.165) is 26.1 Å². The van der Waals surface area contributed by atoms with Crippen LogP contribution < -0.4 is 5.73 Å². The van der Waals surface area contributed by atoms with Crippen molar-refractivity contribution in [3.8, 4) is 0 Å². The molecule has 1 atom stereocenters. The number of aromatic nitrogens is 2. The van der Waals surface area contributed by atoms with Gasteiger partial charge >= 0.3 is 0 Å². The molecular weight excluding hydrogens is 405 g/mol. The molecular formula is C18H27Cl2N5O3. The Kier molecular flexibility index (Phi) is 9.68. The van der Waals surface area contributed by atoms with Gasteiger partial charge in [0.1, 0.15) is 6.10 Å². The number of methoxy groups -OCH3 is 1. The number of nitrogens with zero attached hydrogens (tertiary/aromatic N) is 4. The average molecular weight is 432 g/mol. The molecule has 2 N–H and O–H groups in total. The second kappa shape index (κ2) is 11.2. The van der Waals surface area contributed by atoms with Crippen LogP contribution in [0.25, 0.3) is 0 Å². The maximum atomic E-state index is 12.7. The molecule has 1 aliphatic rings. The zero-order valence-corrected chi connectivity index (χ0v) is 17.7. The Balaban J connectivity index is 0.00000196. The van der Waals surface area contributed by atoms with Crippen molar-refractivity contribution in [3.63, 3.8) is 0 Å². The zero-order chi connectivity index (χ0) is 18.5. The van der Waals surface area contributed by atoms with Gasteiger partial charge in [-0.1, -0.05) is 11.2 Å². The van der Waals surface area contributed by atoms with Gasteiger partial charge in [-0.05, 0) is 31.5 Å². The molecule has 1 aliphatic heterocycles. The first-order chi connectivity index (χ1) is 12.6. The van der Waals surface area contributed by atoms with Gasteiger partial charge in [-0.25, -0.2) is 0 Å². The topological polar surface area (TPSA) is 97.7 Å². The van der Waals surface area contributed by atoms with Crippen LogP contribution in [-0.2, 0) is 11.3 Å². The van der Waals surface area contributed by atoms with Gasteiger partial charge in [-0.15, -0.1) is 24.8 Å². The number of amides is 1. The number of halogens is 2. The van der Waals surface area contributed by atoms with Crippen molar-refractivity contribution < 1.29 is 14.1 Å². The molecule has 2 heterocycles. The largest absolute Gasteiger partial charge is 0.399 e. The second-order valence-electron chi connectivity index (χ2n) is 6.47. The zero-order valence-electron chi connectivity index (χ0n) is 16.0. The van der Waals surface area contributed by atoms with E-state index in [1.165, 1.54) is 0 Å². The molecule has 28 heavy (non-hydrogen) atoms. The molecule has 0 radical (unpaired) electrons. The van der Waals surface area contributed by atoms with E-state index in [1.807, 2.05) is 11.8 Å². The molecule has 1 saturated heterocycles. The third-order valence-electron chi connectivity index (χ3n) is 4.57. The fourth-order valence-electron chi connectivity index (χ4n) is 2.98. The summed E-state index contributed by atoms with van der Waals surface area (Å²) in [5.41, 5.74) is 7.02. The van der Waals surface area contributed by atoms with E-state index in [4.69, 9.17) is 15.0 Å². The molecule has 1 aromatic heterocycles. The van der Waals surface area contributed by atoms with Crippen molar-refractivity contribution in [2.45, 2.75) is 26.0 Å². The molecule has 156 valence electrons. The Hall–Kier alpha value is -1.87. The number of benzene rings is 1. The minimum atomic E-state index is -0.192. The number of hydrogen-bond donors (Lipinski definition) is 1. The molecule has 2 aromatic rings. The number of carbonyl (C=O) groups is 1. The summed E-state index contributed by atoms with van der Waals surface area (Å²) in [5, 5.41) is 3.95. The van der Waals surface area contributed by atoms with E-state index < -0.39 is 0 Å². The molecule has 0 saturated carbocycles. The Bertz CT molecular complexity index is 758. The number of carbonyl (C=O) groups excluding carboxylic acids is 1. The summed E-state index contributed by atoms with van der Waals surface area (Å²) in [5.74, 6) is 1.14. The van der Waals surface area contributed by atoms with Crippen molar-refractivity contribution in [1.82, 2.24) is 19.9 Å². The lowest BCUT2D eigenvalue weighted by Crippen LogP contribution is -2.35. The highest BCUT2D eigenvalue weighted by atomic mass is 35.5. The van der Waals surface area contributed by atoms with Crippen LogP contribution in [0, 0.1) is 0 Å². The predicted octanol–water partition coefficient (Wildman–Crippen LogP) is 2.55. The summed E-state index contributed by atoms with van der Waals surface area (Å²) in [6.07, 6.45) is 0.701. The van der Waals surface area contributed by atoms with E-state index >= 15 is 0 Å². The van der Waals surface area contributed by atoms with Crippen molar-refractivity contribution in [3.05, 3.63) is 41.5 Å². The fraction of sp³-hybridized carbons (Fsp3) is 0.500. The Morgan fingerprint density at radius 1 is 1.29 bits per heavy atom. The summed E-state index contributed by atoms with van der Waals surface area (Å²) in [4.78, 5) is 21.2. The van der Waals surface area contributed by atoms with Crippen LogP contribution in [0.5, 0.6) is 0 Å². The van der Waals surface area contributed by atoms with E-state index in [-0.39, 0.29) is 36.8 Å². The Labute approximate surface area is 177 Å². The van der Waals surface area contributed by atoms with Crippen molar-refractivity contribution in [2.75, 3.05) is 39.0 Å². The van der Waals surface area contributed by atoms with Gasteiger partial charge in [0, 0.05) is 44.5 Å². The minimum Gasteiger partial charge on any atom is -0.399 e. The number of anilines is 1.